The van der Waals surface area contributed by atoms with Crippen LogP contribution in [0.4, 0.5) is 0 Å². The van der Waals surface area contributed by atoms with Crippen LogP contribution in [0, 0.1) is 0 Å². The first-order valence-electron chi connectivity index (χ1n) is 6.02. The van der Waals surface area contributed by atoms with Crippen molar-refractivity contribution in [3.8, 4) is 5.69 Å². The largest absolute Gasteiger partial charge is 0.296 e. The van der Waals surface area contributed by atoms with Gasteiger partial charge in [-0.15, -0.1) is 0 Å². The molecule has 0 radical (unpaired) electrons. The third-order valence-corrected chi connectivity index (χ3v) is 3.25. The number of benzene rings is 2. The number of nitrogens with zero attached hydrogens (tertiary/aromatic N) is 2. The Morgan fingerprint density at radius 2 is 1.89 bits per heavy atom. The van der Waals surface area contributed by atoms with E-state index in [4.69, 9.17) is 11.6 Å². The van der Waals surface area contributed by atoms with Gasteiger partial charge in [-0.1, -0.05) is 36.7 Å². The summed E-state index contributed by atoms with van der Waals surface area (Å²) in [4.78, 5) is 4.65. The number of hydrogen-bond acceptors (Lipinski definition) is 1. The van der Waals surface area contributed by atoms with E-state index in [0.29, 0.717) is 0 Å². The van der Waals surface area contributed by atoms with Gasteiger partial charge in [0.1, 0.15) is 5.82 Å². The Morgan fingerprint density at radius 3 is 2.61 bits per heavy atom. The average molecular weight is 257 g/mol. The van der Waals surface area contributed by atoms with E-state index in [2.05, 4.69) is 28.6 Å². The molecule has 0 amide bonds. The van der Waals surface area contributed by atoms with Gasteiger partial charge in [0.05, 0.1) is 11.0 Å². The molecule has 0 saturated carbocycles. The molecule has 0 N–H and O–H groups in total. The van der Waals surface area contributed by atoms with Crippen molar-refractivity contribution in [3.63, 3.8) is 0 Å². The zero-order chi connectivity index (χ0) is 12.5. The smallest absolute Gasteiger partial charge is 0.114 e. The molecule has 2 nitrogen and oxygen atoms in total. The summed E-state index contributed by atoms with van der Waals surface area (Å²) in [7, 11) is 0. The maximum atomic E-state index is 6.02. The molecule has 0 fully saturated rings. The maximum absolute atomic E-state index is 6.02. The second-order valence-corrected chi connectivity index (χ2v) is 4.62. The molecule has 1 aromatic heterocycles. The zero-order valence-corrected chi connectivity index (χ0v) is 10.9. The van der Waals surface area contributed by atoms with Crippen molar-refractivity contribution in [1.29, 1.82) is 0 Å². The molecular formula is C15H13ClN2. The molecule has 0 atom stereocenters. The predicted octanol–water partition coefficient (Wildman–Crippen LogP) is 4.24. The first-order chi connectivity index (χ1) is 8.79. The number of hydrogen-bond donors (Lipinski definition) is 0. The fourth-order valence-electron chi connectivity index (χ4n) is 2.21. The number of aromatic nitrogens is 2. The summed E-state index contributed by atoms with van der Waals surface area (Å²) < 4.78 is 2.19. The number of halogens is 1. The van der Waals surface area contributed by atoms with Gasteiger partial charge in [0.2, 0.25) is 0 Å². The van der Waals surface area contributed by atoms with Gasteiger partial charge in [0.25, 0.3) is 0 Å². The Balaban J connectivity index is 2.33. The molecule has 0 spiro atoms. The number of fused-ring (bicyclic) bond motifs is 1. The van der Waals surface area contributed by atoms with Crippen molar-refractivity contribution in [2.75, 3.05) is 0 Å². The summed E-state index contributed by atoms with van der Waals surface area (Å²) in [5.41, 5.74) is 3.19. The highest BCUT2D eigenvalue weighted by atomic mass is 35.5. The molecule has 0 saturated heterocycles. The van der Waals surface area contributed by atoms with Crippen molar-refractivity contribution >= 4 is 22.6 Å². The van der Waals surface area contributed by atoms with Crippen LogP contribution < -0.4 is 0 Å². The van der Waals surface area contributed by atoms with Gasteiger partial charge < -0.3 is 0 Å². The normalized spacial score (nSPS) is 11.0. The molecule has 0 aliphatic rings. The number of imidazole rings is 1. The Morgan fingerprint density at radius 1 is 1.11 bits per heavy atom. The quantitative estimate of drug-likeness (QED) is 0.671. The van der Waals surface area contributed by atoms with E-state index in [-0.39, 0.29) is 0 Å². The summed E-state index contributed by atoms with van der Waals surface area (Å²) in [5.74, 6) is 1.05. The van der Waals surface area contributed by atoms with E-state index in [1.54, 1.807) is 0 Å². The molecule has 1 heterocycles. The third-order valence-electron chi connectivity index (χ3n) is 3.02. The standard InChI is InChI=1S/C15H13ClN2/c1-2-15-17-13-10-11(16)8-9-14(13)18(15)12-6-4-3-5-7-12/h3-10H,2H2,1H3. The van der Waals surface area contributed by atoms with E-state index in [0.717, 1.165) is 34.0 Å². The summed E-state index contributed by atoms with van der Waals surface area (Å²) in [6.45, 7) is 2.11. The first kappa shape index (κ1) is 11.3. The Kier molecular flexibility index (Phi) is 2.80. The van der Waals surface area contributed by atoms with Gasteiger partial charge in [-0.2, -0.15) is 0 Å². The van der Waals surface area contributed by atoms with Crippen LogP contribution in [0.15, 0.2) is 48.5 Å². The van der Waals surface area contributed by atoms with Gasteiger partial charge in [-0.05, 0) is 30.3 Å². The molecule has 3 aromatic rings. The minimum atomic E-state index is 0.725. The lowest BCUT2D eigenvalue weighted by atomic mass is 10.2. The molecule has 90 valence electrons. The molecule has 0 unspecified atom stereocenters. The van der Waals surface area contributed by atoms with Gasteiger partial charge >= 0.3 is 0 Å². The highest BCUT2D eigenvalue weighted by molar-refractivity contribution is 6.31. The van der Waals surface area contributed by atoms with Crippen LogP contribution in [0.5, 0.6) is 0 Å². The number of para-hydroxylation sites is 1. The highest BCUT2D eigenvalue weighted by Crippen LogP contribution is 2.24. The van der Waals surface area contributed by atoms with E-state index < -0.39 is 0 Å². The highest BCUT2D eigenvalue weighted by Gasteiger charge is 2.10. The second kappa shape index (κ2) is 4.46. The van der Waals surface area contributed by atoms with Crippen LogP contribution in [-0.2, 0) is 6.42 Å². The molecule has 3 heteroatoms. The predicted molar refractivity (Wildman–Crippen MR) is 75.5 cm³/mol. The van der Waals surface area contributed by atoms with Crippen molar-refractivity contribution in [1.82, 2.24) is 9.55 Å². The van der Waals surface area contributed by atoms with Crippen molar-refractivity contribution < 1.29 is 0 Å². The van der Waals surface area contributed by atoms with Crippen molar-refractivity contribution in [3.05, 3.63) is 59.4 Å². The van der Waals surface area contributed by atoms with Crippen LogP contribution in [0.25, 0.3) is 16.7 Å². The lowest BCUT2D eigenvalue weighted by Crippen LogP contribution is -1.99. The summed E-state index contributed by atoms with van der Waals surface area (Å²) >= 11 is 6.02. The Bertz CT molecular complexity index is 686. The van der Waals surface area contributed by atoms with Gasteiger partial charge in [-0.25, -0.2) is 4.98 Å². The third kappa shape index (κ3) is 1.79. The van der Waals surface area contributed by atoms with Crippen LogP contribution >= 0.6 is 11.6 Å². The molecular weight excluding hydrogens is 244 g/mol. The van der Waals surface area contributed by atoms with Gasteiger partial charge in [-0.3, -0.25) is 4.57 Å². The minimum Gasteiger partial charge on any atom is -0.296 e. The number of rotatable bonds is 2. The summed E-state index contributed by atoms with van der Waals surface area (Å²) in [5, 5.41) is 0.725. The van der Waals surface area contributed by atoms with E-state index >= 15 is 0 Å². The zero-order valence-electron chi connectivity index (χ0n) is 10.1. The fourth-order valence-corrected chi connectivity index (χ4v) is 2.37. The fraction of sp³-hybridized carbons (Fsp3) is 0.133. The van der Waals surface area contributed by atoms with Gasteiger partial charge in [0.15, 0.2) is 0 Å². The minimum absolute atomic E-state index is 0.725. The molecule has 2 aromatic carbocycles. The van der Waals surface area contributed by atoms with Gasteiger partial charge in [0, 0.05) is 17.1 Å². The van der Waals surface area contributed by atoms with E-state index in [1.165, 1.54) is 0 Å². The summed E-state index contributed by atoms with van der Waals surface area (Å²) in [6, 6.07) is 16.1. The van der Waals surface area contributed by atoms with Crippen LogP contribution in [0.1, 0.15) is 12.7 Å². The molecule has 0 bridgehead atoms. The second-order valence-electron chi connectivity index (χ2n) is 4.19. The lowest BCUT2D eigenvalue weighted by Gasteiger charge is -2.07. The van der Waals surface area contributed by atoms with E-state index in [1.807, 2.05) is 36.4 Å². The SMILES string of the molecule is CCc1nc2cc(Cl)ccc2n1-c1ccccc1. The molecule has 3 rings (SSSR count). The van der Waals surface area contributed by atoms with Crippen molar-refractivity contribution in [2.45, 2.75) is 13.3 Å². The molecule has 0 aliphatic carbocycles. The van der Waals surface area contributed by atoms with Crippen LogP contribution in [0.2, 0.25) is 5.02 Å². The molecule has 0 aliphatic heterocycles. The van der Waals surface area contributed by atoms with Crippen molar-refractivity contribution in [2.24, 2.45) is 0 Å². The Hall–Kier alpha value is -1.80. The molecule has 18 heavy (non-hydrogen) atoms. The topological polar surface area (TPSA) is 17.8 Å². The maximum Gasteiger partial charge on any atom is 0.114 e. The monoisotopic (exact) mass is 256 g/mol. The number of aryl methyl sites for hydroxylation is 1. The van der Waals surface area contributed by atoms with Crippen LogP contribution in [-0.4, -0.2) is 9.55 Å². The average Bonchev–Trinajstić information content (AvgIpc) is 2.77. The Labute approximate surface area is 111 Å². The van der Waals surface area contributed by atoms with E-state index in [9.17, 15) is 0 Å². The lowest BCUT2D eigenvalue weighted by molar-refractivity contribution is 0.908. The summed E-state index contributed by atoms with van der Waals surface area (Å²) in [6.07, 6.45) is 0.890. The van der Waals surface area contributed by atoms with Crippen LogP contribution in [0.3, 0.4) is 0 Å². The first-order valence-corrected chi connectivity index (χ1v) is 6.39.